The number of amides is 2. The third-order valence-electron chi connectivity index (χ3n) is 4.43. The van der Waals surface area contributed by atoms with E-state index in [4.69, 9.17) is 4.74 Å². The molecule has 1 saturated heterocycles. The van der Waals surface area contributed by atoms with E-state index in [0.29, 0.717) is 19.6 Å². The molecule has 1 aliphatic heterocycles. The van der Waals surface area contributed by atoms with Crippen LogP contribution >= 0.6 is 0 Å². The molecule has 1 aliphatic rings. The van der Waals surface area contributed by atoms with E-state index in [9.17, 15) is 9.59 Å². The Morgan fingerprint density at radius 3 is 2.52 bits per heavy atom. The van der Waals surface area contributed by atoms with E-state index in [1.165, 1.54) is 0 Å². The third-order valence-corrected chi connectivity index (χ3v) is 4.43. The van der Waals surface area contributed by atoms with E-state index < -0.39 is 0 Å². The topological polar surface area (TPSA) is 58.6 Å². The molecule has 1 atom stereocenters. The predicted octanol–water partition coefficient (Wildman–Crippen LogP) is 2.36. The van der Waals surface area contributed by atoms with Gasteiger partial charge in [0.2, 0.25) is 11.8 Å². The molecule has 0 aliphatic carbocycles. The van der Waals surface area contributed by atoms with Gasteiger partial charge in [-0.2, -0.15) is 0 Å². The molecule has 2 amide bonds. The number of carbonyl (C=O) groups excluding carboxylic acids is 2. The molecule has 3 rings (SSSR count). The molecule has 1 unspecified atom stereocenters. The lowest BCUT2D eigenvalue weighted by atomic mass is 10.1. The molecule has 0 spiro atoms. The molecule has 2 aromatic rings. The summed E-state index contributed by atoms with van der Waals surface area (Å²) in [4.78, 5) is 26.3. The second-order valence-corrected chi connectivity index (χ2v) is 6.23. The van der Waals surface area contributed by atoms with Crippen LogP contribution < -0.4 is 10.1 Å². The molecule has 1 heterocycles. The molecular weight excluding hydrogens is 316 g/mol. The van der Waals surface area contributed by atoms with E-state index in [2.05, 4.69) is 5.32 Å². The van der Waals surface area contributed by atoms with Gasteiger partial charge in [0.25, 0.3) is 0 Å². The Morgan fingerprint density at radius 2 is 1.84 bits per heavy atom. The fraction of sp³-hybridized carbons (Fsp3) is 0.300. The first-order chi connectivity index (χ1) is 12.2. The normalized spacial score (nSPS) is 16.8. The summed E-state index contributed by atoms with van der Waals surface area (Å²) in [5.41, 5.74) is 2.08. The zero-order valence-corrected chi connectivity index (χ0v) is 14.3. The monoisotopic (exact) mass is 338 g/mol. The summed E-state index contributed by atoms with van der Waals surface area (Å²) >= 11 is 0. The Kier molecular flexibility index (Phi) is 5.33. The molecule has 130 valence electrons. The Labute approximate surface area is 147 Å². The number of nitrogens with zero attached hydrogens (tertiary/aromatic N) is 1. The van der Waals surface area contributed by atoms with Crippen LogP contribution in [0.4, 0.5) is 0 Å². The molecule has 5 nitrogen and oxygen atoms in total. The Bertz CT molecular complexity index is 728. The fourth-order valence-corrected chi connectivity index (χ4v) is 2.98. The van der Waals surface area contributed by atoms with Crippen molar-refractivity contribution in [3.8, 4) is 5.75 Å². The molecule has 0 bridgehead atoms. The number of methoxy groups -OCH3 is 1. The molecule has 5 heteroatoms. The first kappa shape index (κ1) is 17.0. The Morgan fingerprint density at radius 1 is 1.12 bits per heavy atom. The highest BCUT2D eigenvalue weighted by molar-refractivity contribution is 5.89. The van der Waals surface area contributed by atoms with Crippen molar-refractivity contribution in [3.05, 3.63) is 65.7 Å². The van der Waals surface area contributed by atoms with Crippen LogP contribution in [0.15, 0.2) is 54.6 Å². The van der Waals surface area contributed by atoms with Crippen LogP contribution in [0.3, 0.4) is 0 Å². The maximum absolute atomic E-state index is 12.4. The second kappa shape index (κ2) is 7.83. The second-order valence-electron chi connectivity index (χ2n) is 6.23. The summed E-state index contributed by atoms with van der Waals surface area (Å²) in [6.07, 6.45) is 0.279. The SMILES string of the molecule is COc1ccc(CNC(=O)C2CC(=O)N(Cc3ccccc3)C2)cc1. The van der Waals surface area contributed by atoms with Gasteiger partial charge in [0, 0.05) is 26.1 Å². The van der Waals surface area contributed by atoms with E-state index in [1.54, 1.807) is 12.0 Å². The van der Waals surface area contributed by atoms with E-state index >= 15 is 0 Å². The smallest absolute Gasteiger partial charge is 0.225 e. The van der Waals surface area contributed by atoms with Gasteiger partial charge in [0.15, 0.2) is 0 Å². The quantitative estimate of drug-likeness (QED) is 0.880. The van der Waals surface area contributed by atoms with Gasteiger partial charge in [-0.15, -0.1) is 0 Å². The minimum absolute atomic E-state index is 0.0356. The van der Waals surface area contributed by atoms with E-state index in [-0.39, 0.29) is 24.2 Å². The van der Waals surface area contributed by atoms with Crippen molar-refractivity contribution < 1.29 is 14.3 Å². The van der Waals surface area contributed by atoms with Gasteiger partial charge in [0.05, 0.1) is 13.0 Å². The number of rotatable bonds is 6. The summed E-state index contributed by atoms with van der Waals surface area (Å²) in [6.45, 7) is 1.48. The third kappa shape index (κ3) is 4.38. The van der Waals surface area contributed by atoms with Gasteiger partial charge in [-0.25, -0.2) is 0 Å². The molecular formula is C20H22N2O3. The van der Waals surface area contributed by atoms with Crippen molar-refractivity contribution in [2.45, 2.75) is 19.5 Å². The lowest BCUT2D eigenvalue weighted by molar-refractivity contribution is -0.129. The Hall–Kier alpha value is -2.82. The van der Waals surface area contributed by atoms with Crippen molar-refractivity contribution in [1.29, 1.82) is 0 Å². The summed E-state index contributed by atoms with van der Waals surface area (Å²) in [6, 6.07) is 17.4. The van der Waals surface area contributed by atoms with Crippen LogP contribution in [-0.4, -0.2) is 30.4 Å². The van der Waals surface area contributed by atoms with Crippen LogP contribution in [0.2, 0.25) is 0 Å². The largest absolute Gasteiger partial charge is 0.497 e. The maximum atomic E-state index is 12.4. The minimum Gasteiger partial charge on any atom is -0.497 e. The van der Waals surface area contributed by atoms with Crippen molar-refractivity contribution in [3.63, 3.8) is 0 Å². The average Bonchev–Trinajstić information content (AvgIpc) is 3.01. The summed E-state index contributed by atoms with van der Waals surface area (Å²) in [5, 5.41) is 2.92. The molecule has 0 saturated carbocycles. The number of carbonyl (C=O) groups is 2. The van der Waals surface area contributed by atoms with Crippen LogP contribution in [-0.2, 0) is 22.7 Å². The number of benzene rings is 2. The van der Waals surface area contributed by atoms with E-state index in [0.717, 1.165) is 16.9 Å². The molecule has 0 radical (unpaired) electrons. The highest BCUT2D eigenvalue weighted by Gasteiger charge is 2.33. The van der Waals surface area contributed by atoms with Crippen LogP contribution in [0.5, 0.6) is 5.75 Å². The molecule has 2 aromatic carbocycles. The average molecular weight is 338 g/mol. The number of ether oxygens (including phenoxy) is 1. The number of likely N-dealkylation sites (tertiary alicyclic amines) is 1. The van der Waals surface area contributed by atoms with Crippen molar-refractivity contribution in [2.75, 3.05) is 13.7 Å². The zero-order chi connectivity index (χ0) is 17.6. The first-order valence-corrected chi connectivity index (χ1v) is 8.38. The lowest BCUT2D eigenvalue weighted by Crippen LogP contribution is -2.32. The van der Waals surface area contributed by atoms with Crippen molar-refractivity contribution in [1.82, 2.24) is 10.2 Å². The number of nitrogens with one attached hydrogen (secondary N) is 1. The minimum atomic E-state index is -0.283. The van der Waals surface area contributed by atoms with Gasteiger partial charge < -0.3 is 15.0 Å². The van der Waals surface area contributed by atoms with Gasteiger partial charge in [-0.05, 0) is 23.3 Å². The first-order valence-electron chi connectivity index (χ1n) is 8.38. The molecule has 0 aromatic heterocycles. The summed E-state index contributed by atoms with van der Waals surface area (Å²) in [5.74, 6) is 0.468. The number of hydrogen-bond donors (Lipinski definition) is 1. The lowest BCUT2D eigenvalue weighted by Gasteiger charge is -2.16. The van der Waals surface area contributed by atoms with Gasteiger partial charge in [0.1, 0.15) is 5.75 Å². The van der Waals surface area contributed by atoms with Gasteiger partial charge in [-0.3, -0.25) is 9.59 Å². The predicted molar refractivity (Wildman–Crippen MR) is 94.8 cm³/mol. The van der Waals surface area contributed by atoms with Crippen molar-refractivity contribution in [2.24, 2.45) is 5.92 Å². The zero-order valence-electron chi connectivity index (χ0n) is 14.3. The summed E-state index contributed by atoms with van der Waals surface area (Å²) in [7, 11) is 1.62. The van der Waals surface area contributed by atoms with E-state index in [1.807, 2.05) is 54.6 Å². The highest BCUT2D eigenvalue weighted by atomic mass is 16.5. The maximum Gasteiger partial charge on any atom is 0.225 e. The molecule has 1 N–H and O–H groups in total. The van der Waals surface area contributed by atoms with Crippen LogP contribution in [0, 0.1) is 5.92 Å². The fourth-order valence-electron chi connectivity index (χ4n) is 2.98. The van der Waals surface area contributed by atoms with Crippen LogP contribution in [0.1, 0.15) is 17.5 Å². The highest BCUT2D eigenvalue weighted by Crippen LogP contribution is 2.20. The van der Waals surface area contributed by atoms with Crippen molar-refractivity contribution >= 4 is 11.8 Å². The Balaban J connectivity index is 1.51. The van der Waals surface area contributed by atoms with Gasteiger partial charge in [-0.1, -0.05) is 42.5 Å². The number of hydrogen-bond acceptors (Lipinski definition) is 3. The standard InChI is InChI=1S/C20H22N2O3/c1-25-18-9-7-15(8-10-18)12-21-20(24)17-11-19(23)22(14-17)13-16-5-3-2-4-6-16/h2-10,17H,11-14H2,1H3,(H,21,24). The summed E-state index contributed by atoms with van der Waals surface area (Å²) < 4.78 is 5.12. The van der Waals surface area contributed by atoms with Gasteiger partial charge >= 0.3 is 0 Å². The van der Waals surface area contributed by atoms with Crippen LogP contribution in [0.25, 0.3) is 0 Å². The molecule has 25 heavy (non-hydrogen) atoms. The molecule has 1 fully saturated rings.